The van der Waals surface area contributed by atoms with Crippen LogP contribution in [-0.4, -0.2) is 54.9 Å². The highest BCUT2D eigenvalue weighted by molar-refractivity contribution is 5.81. The van der Waals surface area contributed by atoms with Crippen LogP contribution in [0.1, 0.15) is 18.9 Å². The number of nitrogens with zero attached hydrogens (tertiary/aromatic N) is 5. The summed E-state index contributed by atoms with van der Waals surface area (Å²) >= 11 is 0. The molecule has 2 aliphatic heterocycles. The Morgan fingerprint density at radius 3 is 2.61 bits per heavy atom. The molecule has 0 amide bonds. The summed E-state index contributed by atoms with van der Waals surface area (Å²) in [5.74, 6) is 0.0837. The number of pyridine rings is 1. The van der Waals surface area contributed by atoms with E-state index in [1.807, 2.05) is 29.1 Å². The molecule has 0 aliphatic carbocycles. The zero-order chi connectivity index (χ0) is 22.5. The molecule has 4 aromatic rings. The summed E-state index contributed by atoms with van der Waals surface area (Å²) in [6, 6.07) is 11.6. The molecular weight excluding hydrogens is 420 g/mol. The van der Waals surface area contributed by atoms with Crippen molar-refractivity contribution in [3.05, 3.63) is 59.1 Å². The molecule has 0 radical (unpaired) electrons. The zero-order valence-electron chi connectivity index (χ0n) is 18.2. The fourth-order valence-electron chi connectivity index (χ4n) is 4.91. The van der Waals surface area contributed by atoms with Crippen molar-refractivity contribution < 1.29 is 9.84 Å². The molecule has 0 saturated carbocycles. The molecule has 5 heterocycles. The van der Waals surface area contributed by atoms with Crippen molar-refractivity contribution in [3.8, 4) is 28.1 Å². The van der Waals surface area contributed by atoms with Gasteiger partial charge < -0.3 is 19.7 Å². The number of aromatic nitrogens is 5. The molecule has 2 fully saturated rings. The minimum atomic E-state index is -0.103. The van der Waals surface area contributed by atoms with Crippen LogP contribution in [0.15, 0.2) is 53.6 Å². The van der Waals surface area contributed by atoms with Gasteiger partial charge in [-0.25, -0.2) is 4.68 Å². The van der Waals surface area contributed by atoms with Crippen LogP contribution in [0.2, 0.25) is 0 Å². The summed E-state index contributed by atoms with van der Waals surface area (Å²) in [4.78, 5) is 11.9. The Kier molecular flexibility index (Phi) is 4.74. The highest BCUT2D eigenvalue weighted by Crippen LogP contribution is 2.34. The first-order valence-electron chi connectivity index (χ1n) is 11.1. The molecule has 1 aromatic carbocycles. The number of piperidine rings is 1. The Balaban J connectivity index is 1.31. The lowest BCUT2D eigenvalue weighted by atomic mass is 9.93. The Morgan fingerprint density at radius 1 is 1.06 bits per heavy atom. The molecule has 2 saturated heterocycles. The summed E-state index contributed by atoms with van der Waals surface area (Å²) < 4.78 is 9.14. The van der Waals surface area contributed by atoms with Crippen molar-refractivity contribution in [3.63, 3.8) is 0 Å². The van der Waals surface area contributed by atoms with Gasteiger partial charge in [-0.3, -0.25) is 4.79 Å². The molecule has 2 aliphatic rings. The molecule has 6 rings (SSSR count). The molecule has 2 N–H and O–H groups in total. The number of hydrogen-bond donors (Lipinski definition) is 2. The Labute approximate surface area is 189 Å². The number of nitrogens with one attached hydrogen (secondary N) is 1. The summed E-state index contributed by atoms with van der Waals surface area (Å²) in [5.41, 5.74) is 3.32. The molecule has 0 spiro atoms. The van der Waals surface area contributed by atoms with Crippen molar-refractivity contribution in [2.45, 2.75) is 31.0 Å². The molecule has 168 valence electrons. The predicted octanol–water partition coefficient (Wildman–Crippen LogP) is 2.26. The summed E-state index contributed by atoms with van der Waals surface area (Å²) in [7, 11) is 1.70. The average Bonchev–Trinajstić information content (AvgIpc) is 3.24. The minimum absolute atomic E-state index is 0.0837. The van der Waals surface area contributed by atoms with E-state index in [9.17, 15) is 9.90 Å². The Hall–Kier alpha value is -3.56. The van der Waals surface area contributed by atoms with Gasteiger partial charge in [-0.15, -0.1) is 10.2 Å². The van der Waals surface area contributed by atoms with Gasteiger partial charge in [0.05, 0.1) is 31.1 Å². The first kappa shape index (κ1) is 20.1. The van der Waals surface area contributed by atoms with Crippen molar-refractivity contribution in [2.75, 3.05) is 13.2 Å². The second-order valence-corrected chi connectivity index (χ2v) is 8.92. The van der Waals surface area contributed by atoms with Crippen molar-refractivity contribution in [1.82, 2.24) is 29.9 Å². The van der Waals surface area contributed by atoms with Gasteiger partial charge in [0.15, 0.2) is 5.65 Å². The van der Waals surface area contributed by atoms with Crippen LogP contribution in [0.3, 0.4) is 0 Å². The van der Waals surface area contributed by atoms with Gasteiger partial charge in [-0.2, -0.15) is 5.10 Å². The molecule has 3 atom stereocenters. The number of morpholine rings is 1. The van der Waals surface area contributed by atoms with E-state index in [1.54, 1.807) is 31.4 Å². The maximum absolute atomic E-state index is 11.9. The summed E-state index contributed by atoms with van der Waals surface area (Å²) in [6.07, 6.45) is 5.42. The van der Waals surface area contributed by atoms with E-state index >= 15 is 0 Å². The topological polar surface area (TPSA) is 107 Å². The quantitative estimate of drug-likeness (QED) is 0.499. The van der Waals surface area contributed by atoms with Crippen LogP contribution < -0.4 is 10.9 Å². The lowest BCUT2D eigenvalue weighted by Crippen LogP contribution is -2.54. The van der Waals surface area contributed by atoms with Gasteiger partial charge in [-0.05, 0) is 48.2 Å². The second kappa shape index (κ2) is 7.79. The first-order valence-corrected chi connectivity index (χ1v) is 11.1. The molecule has 9 nitrogen and oxygen atoms in total. The van der Waals surface area contributed by atoms with Crippen LogP contribution in [0, 0.1) is 0 Å². The SMILES string of the molecule is Cn1ccc(-c2ccc(-c3cc4cnn(C5C[C@H]6COC[C@@H](C5)N6)c4nn3)c(O)c2)cc1=O. The summed E-state index contributed by atoms with van der Waals surface area (Å²) in [6.45, 7) is 1.46. The number of fused-ring (bicyclic) bond motifs is 3. The van der Waals surface area contributed by atoms with Crippen molar-refractivity contribution >= 4 is 11.0 Å². The monoisotopic (exact) mass is 444 g/mol. The van der Waals surface area contributed by atoms with E-state index in [1.165, 1.54) is 4.57 Å². The van der Waals surface area contributed by atoms with Gasteiger partial charge in [0, 0.05) is 42.3 Å². The third kappa shape index (κ3) is 3.59. The van der Waals surface area contributed by atoms with E-state index in [0.717, 1.165) is 48.2 Å². The van der Waals surface area contributed by atoms with Gasteiger partial charge >= 0.3 is 0 Å². The van der Waals surface area contributed by atoms with Crippen LogP contribution in [0.25, 0.3) is 33.4 Å². The molecule has 33 heavy (non-hydrogen) atoms. The van der Waals surface area contributed by atoms with E-state index in [0.29, 0.717) is 23.3 Å². The molecule has 9 heteroatoms. The lowest BCUT2D eigenvalue weighted by molar-refractivity contribution is 0.00905. The number of phenols is 1. The van der Waals surface area contributed by atoms with Crippen LogP contribution in [0.4, 0.5) is 0 Å². The smallest absolute Gasteiger partial charge is 0.250 e. The third-order valence-corrected chi connectivity index (χ3v) is 6.62. The number of hydrogen-bond acceptors (Lipinski definition) is 7. The van der Waals surface area contributed by atoms with E-state index in [2.05, 4.69) is 20.6 Å². The largest absolute Gasteiger partial charge is 0.507 e. The van der Waals surface area contributed by atoms with Crippen LogP contribution >= 0.6 is 0 Å². The fourth-order valence-corrected chi connectivity index (χ4v) is 4.91. The normalized spacial score (nSPS) is 22.5. The maximum atomic E-state index is 11.9. The number of aromatic hydroxyl groups is 1. The lowest BCUT2D eigenvalue weighted by Gasteiger charge is -2.40. The highest BCUT2D eigenvalue weighted by Gasteiger charge is 2.33. The molecular formula is C24H24N6O3. The van der Waals surface area contributed by atoms with Gasteiger partial charge in [0.2, 0.25) is 0 Å². The third-order valence-electron chi connectivity index (χ3n) is 6.62. The zero-order valence-corrected chi connectivity index (χ0v) is 18.2. The van der Waals surface area contributed by atoms with E-state index < -0.39 is 0 Å². The van der Waals surface area contributed by atoms with Crippen molar-refractivity contribution in [1.29, 1.82) is 0 Å². The van der Waals surface area contributed by atoms with Crippen LogP contribution in [0.5, 0.6) is 5.75 Å². The van der Waals surface area contributed by atoms with Gasteiger partial charge in [-0.1, -0.05) is 6.07 Å². The van der Waals surface area contributed by atoms with E-state index in [-0.39, 0.29) is 17.4 Å². The number of ether oxygens (including phenoxy) is 1. The number of aryl methyl sites for hydroxylation is 1. The van der Waals surface area contributed by atoms with Crippen LogP contribution in [-0.2, 0) is 11.8 Å². The number of rotatable bonds is 3. The second-order valence-electron chi connectivity index (χ2n) is 8.92. The first-order chi connectivity index (χ1) is 16.0. The molecule has 1 unspecified atom stereocenters. The fraction of sp³-hybridized carbons (Fsp3) is 0.333. The Bertz CT molecular complexity index is 1400. The minimum Gasteiger partial charge on any atom is -0.507 e. The maximum Gasteiger partial charge on any atom is 0.250 e. The molecule has 2 bridgehead atoms. The number of benzene rings is 1. The van der Waals surface area contributed by atoms with E-state index in [4.69, 9.17) is 4.74 Å². The Morgan fingerprint density at radius 2 is 1.85 bits per heavy atom. The standard InChI is InChI=1S/C24H24N6O3/c1-29-5-4-15(8-23(29)32)14-2-3-20(22(31)7-14)21-6-16-11-25-30(24(16)28-27-21)19-9-17-12-33-13-18(10-19)26-17/h2-8,11,17-19,26,31H,9-10,12-13H2,1H3/t17-,18+,19?. The number of phenolic OH excluding ortho intramolecular Hbond substituents is 1. The highest BCUT2D eigenvalue weighted by atomic mass is 16.5. The summed E-state index contributed by atoms with van der Waals surface area (Å²) in [5, 5.41) is 28.7. The van der Waals surface area contributed by atoms with Crippen molar-refractivity contribution in [2.24, 2.45) is 7.05 Å². The predicted molar refractivity (Wildman–Crippen MR) is 123 cm³/mol. The van der Waals surface area contributed by atoms with Gasteiger partial charge in [0.1, 0.15) is 5.75 Å². The molecule has 3 aromatic heterocycles. The van der Waals surface area contributed by atoms with Gasteiger partial charge in [0.25, 0.3) is 5.56 Å². The average molecular weight is 444 g/mol.